The minimum Gasteiger partial charge on any atom is -0.502 e. The van der Waals surface area contributed by atoms with Crippen LogP contribution in [0.1, 0.15) is 19.4 Å². The van der Waals surface area contributed by atoms with Gasteiger partial charge in [0.1, 0.15) is 5.69 Å². The molecule has 0 spiro atoms. The topological polar surface area (TPSA) is 75.7 Å². The van der Waals surface area contributed by atoms with Crippen molar-refractivity contribution in [3.63, 3.8) is 0 Å². The number of fused-ring (bicyclic) bond motifs is 1. The van der Waals surface area contributed by atoms with Gasteiger partial charge in [0.2, 0.25) is 5.43 Å². The Bertz CT molecular complexity index is 1060. The number of nitrogens with one attached hydrogen (secondary N) is 1. The molecule has 0 aliphatic heterocycles. The monoisotopic (exact) mass is 395 g/mol. The van der Waals surface area contributed by atoms with Crippen LogP contribution in [0.3, 0.4) is 0 Å². The molecule has 0 amide bonds. The zero-order valence-electron chi connectivity index (χ0n) is 14.3. The van der Waals surface area contributed by atoms with Crippen molar-refractivity contribution >= 4 is 35.2 Å². The largest absolute Gasteiger partial charge is 0.502 e. The number of aromatic hydroxyl groups is 1. The summed E-state index contributed by atoms with van der Waals surface area (Å²) in [6.45, 7) is 4.05. The summed E-state index contributed by atoms with van der Waals surface area (Å²) in [7, 11) is 0. The fourth-order valence-corrected chi connectivity index (χ4v) is 2.89. The number of halogens is 2. The van der Waals surface area contributed by atoms with Crippen LogP contribution in [0.25, 0.3) is 5.52 Å². The average molecular weight is 396 g/mol. The molecule has 0 aliphatic carbocycles. The second-order valence-corrected chi connectivity index (χ2v) is 6.57. The summed E-state index contributed by atoms with van der Waals surface area (Å²) in [5, 5.41) is 13.8. The van der Waals surface area contributed by atoms with Crippen LogP contribution >= 0.6 is 24.0 Å². The molecule has 2 heterocycles. The highest BCUT2D eigenvalue weighted by Crippen LogP contribution is 2.15. The summed E-state index contributed by atoms with van der Waals surface area (Å²) in [6, 6.07) is 7.19. The smallest absolute Gasteiger partial charge is 0.279 e. The van der Waals surface area contributed by atoms with Gasteiger partial charge in [-0.1, -0.05) is 23.7 Å². The normalized spacial score (nSPS) is 10.8. The van der Waals surface area contributed by atoms with E-state index in [1.54, 1.807) is 30.6 Å². The maximum Gasteiger partial charge on any atom is 0.279 e. The third kappa shape index (κ3) is 3.86. The molecule has 2 aromatic heterocycles. The van der Waals surface area contributed by atoms with Gasteiger partial charge in [-0.3, -0.25) is 9.59 Å². The highest BCUT2D eigenvalue weighted by molar-refractivity contribution is 6.30. The Labute approximate surface area is 161 Å². The second kappa shape index (κ2) is 7.85. The molecular weight excluding hydrogens is 377 g/mol. The number of anilines is 1. The molecule has 0 bridgehead atoms. The molecule has 8 heteroatoms. The predicted molar refractivity (Wildman–Crippen MR) is 106 cm³/mol. The van der Waals surface area contributed by atoms with Crippen molar-refractivity contribution < 1.29 is 5.11 Å². The molecule has 1 aromatic carbocycles. The van der Waals surface area contributed by atoms with Gasteiger partial charge in [0.15, 0.2) is 11.3 Å². The molecule has 26 heavy (non-hydrogen) atoms. The highest BCUT2D eigenvalue weighted by Gasteiger charge is 2.15. The zero-order valence-corrected chi connectivity index (χ0v) is 15.8. The van der Waals surface area contributed by atoms with Crippen molar-refractivity contribution in [2.24, 2.45) is 0 Å². The van der Waals surface area contributed by atoms with E-state index < -0.39 is 16.7 Å². The number of pyridine rings is 1. The molecule has 0 saturated heterocycles. The van der Waals surface area contributed by atoms with Crippen molar-refractivity contribution in [3.05, 3.63) is 74.0 Å². The summed E-state index contributed by atoms with van der Waals surface area (Å²) in [4.78, 5) is 25.0. The zero-order chi connectivity index (χ0) is 18.1. The Balaban J connectivity index is 0.00000243. The SMILES string of the molecule is CC(C)Nc1cn2ccn(Cc3cccc(Cl)c3)c(=O)c2c(O)c1=O.Cl. The standard InChI is InChI=1S/C18H18ClN3O3.ClH/c1-11(2)20-14-10-21-6-7-22(9-12-4-3-5-13(19)8-12)18(25)15(21)17(24)16(14)23;/h3-8,10-11,20,24H,9H2,1-2H3;1H. The fraction of sp³-hybridized carbons (Fsp3) is 0.222. The number of nitrogens with zero attached hydrogens (tertiary/aromatic N) is 2. The van der Waals surface area contributed by atoms with Crippen molar-refractivity contribution in [2.45, 2.75) is 26.4 Å². The summed E-state index contributed by atoms with van der Waals surface area (Å²) in [6.07, 6.45) is 4.76. The molecule has 3 rings (SSSR count). The van der Waals surface area contributed by atoms with Crippen LogP contribution in [0, 0.1) is 0 Å². The summed E-state index contributed by atoms with van der Waals surface area (Å²) in [5.41, 5.74) is -0.000755. The summed E-state index contributed by atoms with van der Waals surface area (Å²) in [5.74, 6) is -0.559. The lowest BCUT2D eigenvalue weighted by Gasteiger charge is -2.13. The third-order valence-corrected chi connectivity index (χ3v) is 4.00. The van der Waals surface area contributed by atoms with Gasteiger partial charge in [-0.15, -0.1) is 12.4 Å². The molecule has 0 radical (unpaired) electrons. The summed E-state index contributed by atoms with van der Waals surface area (Å²) >= 11 is 5.97. The van der Waals surface area contributed by atoms with Crippen molar-refractivity contribution in [1.29, 1.82) is 0 Å². The van der Waals surface area contributed by atoms with Gasteiger partial charge < -0.3 is 19.4 Å². The molecule has 138 valence electrons. The van der Waals surface area contributed by atoms with E-state index in [4.69, 9.17) is 11.6 Å². The van der Waals surface area contributed by atoms with E-state index in [1.165, 1.54) is 15.2 Å². The lowest BCUT2D eigenvalue weighted by atomic mass is 10.2. The van der Waals surface area contributed by atoms with Crippen molar-refractivity contribution in [1.82, 2.24) is 8.97 Å². The van der Waals surface area contributed by atoms with E-state index in [1.807, 2.05) is 19.9 Å². The van der Waals surface area contributed by atoms with E-state index in [2.05, 4.69) is 5.32 Å². The number of hydrogen-bond donors (Lipinski definition) is 2. The van der Waals surface area contributed by atoms with Crippen LogP contribution in [0.15, 0.2) is 52.4 Å². The van der Waals surface area contributed by atoms with Gasteiger partial charge in [-0.2, -0.15) is 0 Å². The van der Waals surface area contributed by atoms with Crippen LogP contribution in [0.5, 0.6) is 5.75 Å². The molecule has 3 aromatic rings. The molecule has 2 N–H and O–H groups in total. The maximum absolute atomic E-state index is 12.7. The van der Waals surface area contributed by atoms with E-state index in [9.17, 15) is 14.7 Å². The number of aromatic nitrogens is 2. The van der Waals surface area contributed by atoms with Crippen LogP contribution in [0.4, 0.5) is 5.69 Å². The van der Waals surface area contributed by atoms with Gasteiger partial charge in [0.25, 0.3) is 5.56 Å². The highest BCUT2D eigenvalue weighted by atomic mass is 35.5. The Hall–Kier alpha value is -2.44. The molecule has 6 nitrogen and oxygen atoms in total. The van der Waals surface area contributed by atoms with Gasteiger partial charge in [-0.25, -0.2) is 0 Å². The molecule has 0 unspecified atom stereocenters. The van der Waals surface area contributed by atoms with Crippen molar-refractivity contribution in [3.8, 4) is 5.75 Å². The first-order valence-corrected chi connectivity index (χ1v) is 8.23. The molecule has 0 aliphatic rings. The quantitative estimate of drug-likeness (QED) is 0.711. The van der Waals surface area contributed by atoms with E-state index in [0.717, 1.165) is 5.56 Å². The van der Waals surface area contributed by atoms with Crippen molar-refractivity contribution in [2.75, 3.05) is 5.32 Å². The van der Waals surface area contributed by atoms with E-state index >= 15 is 0 Å². The lowest BCUT2D eigenvalue weighted by molar-refractivity contribution is 0.472. The van der Waals surface area contributed by atoms with Gasteiger partial charge in [-0.05, 0) is 31.5 Å². The van der Waals surface area contributed by atoms with Crippen LogP contribution in [-0.4, -0.2) is 20.1 Å². The minimum atomic E-state index is -0.591. The summed E-state index contributed by atoms with van der Waals surface area (Å²) < 4.78 is 2.88. The minimum absolute atomic E-state index is 0. The van der Waals surface area contributed by atoms with Gasteiger partial charge in [0.05, 0.1) is 6.54 Å². The first kappa shape index (κ1) is 19.9. The van der Waals surface area contributed by atoms with E-state index in [-0.39, 0.29) is 36.2 Å². The molecule has 0 fully saturated rings. The average Bonchev–Trinajstić information content (AvgIpc) is 2.54. The number of rotatable bonds is 4. The first-order chi connectivity index (χ1) is 11.9. The Morgan fingerprint density at radius 2 is 1.96 bits per heavy atom. The number of benzene rings is 1. The van der Waals surface area contributed by atoms with Crippen LogP contribution in [-0.2, 0) is 6.54 Å². The lowest BCUT2D eigenvalue weighted by Crippen LogP contribution is -2.26. The van der Waals surface area contributed by atoms with Crippen LogP contribution in [0.2, 0.25) is 5.02 Å². The Morgan fingerprint density at radius 1 is 1.23 bits per heavy atom. The molecule has 0 atom stereocenters. The van der Waals surface area contributed by atoms with Gasteiger partial charge >= 0.3 is 0 Å². The van der Waals surface area contributed by atoms with E-state index in [0.29, 0.717) is 5.02 Å². The predicted octanol–water partition coefficient (Wildman–Crippen LogP) is 3.11. The fourth-order valence-electron chi connectivity index (χ4n) is 2.68. The Morgan fingerprint density at radius 3 is 2.62 bits per heavy atom. The van der Waals surface area contributed by atoms with Gasteiger partial charge in [0, 0.05) is 29.7 Å². The second-order valence-electron chi connectivity index (χ2n) is 6.14. The number of hydrogen-bond acceptors (Lipinski definition) is 4. The van der Waals surface area contributed by atoms with Crippen LogP contribution < -0.4 is 16.3 Å². The third-order valence-electron chi connectivity index (χ3n) is 3.77. The Kier molecular flexibility index (Phi) is 6.00. The maximum atomic E-state index is 12.7. The molecular formula is C18H19Cl2N3O3. The first-order valence-electron chi connectivity index (χ1n) is 7.85. The molecule has 0 saturated carbocycles.